The van der Waals surface area contributed by atoms with Gasteiger partial charge in [-0.3, -0.25) is 4.79 Å². The predicted octanol–water partition coefficient (Wildman–Crippen LogP) is 3.85. The molecule has 0 atom stereocenters. The van der Waals surface area contributed by atoms with Gasteiger partial charge in [0.15, 0.2) is 5.69 Å². The number of ether oxygens (including phenoxy) is 2. The largest absolute Gasteiger partial charge is 0.497 e. The molecular weight excluding hydrogens is 406 g/mol. The van der Waals surface area contributed by atoms with E-state index in [9.17, 15) is 22.4 Å². The lowest BCUT2D eigenvalue weighted by Crippen LogP contribution is -2.30. The Morgan fingerprint density at radius 1 is 1.07 bits per heavy atom. The number of rotatable bonds is 7. The Bertz CT molecular complexity index is 1000. The molecule has 1 N–H and O–H groups in total. The molecule has 0 radical (unpaired) electrons. The van der Waals surface area contributed by atoms with Gasteiger partial charge in [-0.25, -0.2) is 9.07 Å². The summed E-state index contributed by atoms with van der Waals surface area (Å²) < 4.78 is 64.8. The molecule has 0 saturated carbocycles. The first-order valence-electron chi connectivity index (χ1n) is 8.76. The molecule has 1 amide bonds. The summed E-state index contributed by atoms with van der Waals surface area (Å²) in [6.07, 6.45) is -4.02. The zero-order valence-corrected chi connectivity index (χ0v) is 15.7. The van der Waals surface area contributed by atoms with Gasteiger partial charge in [-0.1, -0.05) is 0 Å². The fourth-order valence-corrected chi connectivity index (χ4v) is 2.67. The Kier molecular flexibility index (Phi) is 6.24. The lowest BCUT2D eigenvalue weighted by atomic mass is 10.2. The number of alkyl halides is 3. The zero-order chi connectivity index (χ0) is 21.7. The highest BCUT2D eigenvalue weighted by atomic mass is 19.4. The molecule has 0 fully saturated rings. The topological polar surface area (TPSA) is 65.4 Å². The minimum atomic E-state index is -4.85. The molecular formula is C20H17F4N3O3. The number of nitrogens with zero attached hydrogens (tertiary/aromatic N) is 2. The summed E-state index contributed by atoms with van der Waals surface area (Å²) in [6, 6.07) is 11.0. The van der Waals surface area contributed by atoms with Gasteiger partial charge in [0, 0.05) is 0 Å². The van der Waals surface area contributed by atoms with E-state index in [0.717, 1.165) is 30.5 Å². The molecule has 10 heteroatoms. The predicted molar refractivity (Wildman–Crippen MR) is 99.3 cm³/mol. The molecule has 30 heavy (non-hydrogen) atoms. The smallest absolute Gasteiger partial charge is 0.434 e. The van der Waals surface area contributed by atoms with E-state index in [-0.39, 0.29) is 18.8 Å². The van der Waals surface area contributed by atoms with Crippen LogP contribution < -0.4 is 14.8 Å². The highest BCUT2D eigenvalue weighted by Gasteiger charge is 2.40. The molecule has 3 aromatic rings. The molecule has 0 saturated heterocycles. The van der Waals surface area contributed by atoms with Crippen molar-refractivity contribution in [2.75, 3.05) is 20.3 Å². The first-order valence-corrected chi connectivity index (χ1v) is 8.76. The second-order valence-corrected chi connectivity index (χ2v) is 6.07. The lowest BCUT2D eigenvalue weighted by molar-refractivity contribution is -0.143. The number of methoxy groups -OCH3 is 1. The van der Waals surface area contributed by atoms with Gasteiger partial charge in [-0.05, 0) is 48.5 Å². The van der Waals surface area contributed by atoms with Crippen molar-refractivity contribution in [2.45, 2.75) is 6.18 Å². The highest BCUT2D eigenvalue weighted by molar-refractivity contribution is 5.95. The van der Waals surface area contributed by atoms with Gasteiger partial charge in [0.05, 0.1) is 31.1 Å². The van der Waals surface area contributed by atoms with Crippen LogP contribution in [0, 0.1) is 5.82 Å². The van der Waals surface area contributed by atoms with Gasteiger partial charge in [0.1, 0.15) is 23.9 Å². The number of aromatic nitrogens is 2. The van der Waals surface area contributed by atoms with E-state index in [1.807, 2.05) is 0 Å². The number of nitrogens with one attached hydrogen (secondary N) is 1. The van der Waals surface area contributed by atoms with Crippen molar-refractivity contribution >= 4 is 5.91 Å². The standard InChI is InChI=1S/C20H17F4N3O3/c1-29-15-6-8-16(9-7-15)30-11-10-25-19(28)17-12-26-27(18(17)20(22,23)24)14-4-2-13(21)3-5-14/h2-9,12H,10-11H2,1H3,(H,25,28). The monoisotopic (exact) mass is 423 g/mol. The second kappa shape index (κ2) is 8.85. The minimum absolute atomic E-state index is 0.0226. The third-order valence-electron chi connectivity index (χ3n) is 4.07. The quantitative estimate of drug-likeness (QED) is 0.463. The van der Waals surface area contributed by atoms with E-state index in [0.29, 0.717) is 16.2 Å². The van der Waals surface area contributed by atoms with E-state index in [4.69, 9.17) is 9.47 Å². The molecule has 0 aliphatic carbocycles. The van der Waals surface area contributed by atoms with Gasteiger partial charge in [-0.15, -0.1) is 0 Å². The van der Waals surface area contributed by atoms with Crippen LogP contribution in [0.3, 0.4) is 0 Å². The van der Waals surface area contributed by atoms with Crippen molar-refractivity contribution < 1.29 is 31.8 Å². The summed E-state index contributed by atoms with van der Waals surface area (Å²) in [4.78, 5) is 12.3. The van der Waals surface area contributed by atoms with Gasteiger partial charge in [0.25, 0.3) is 5.91 Å². The molecule has 0 aliphatic heterocycles. The molecule has 158 valence electrons. The molecule has 0 spiro atoms. The Morgan fingerprint density at radius 3 is 2.30 bits per heavy atom. The number of benzene rings is 2. The molecule has 1 aromatic heterocycles. The van der Waals surface area contributed by atoms with Crippen LogP contribution in [-0.2, 0) is 6.18 Å². The van der Waals surface area contributed by atoms with Crippen molar-refractivity contribution in [1.82, 2.24) is 15.1 Å². The Hall–Kier alpha value is -3.56. The average Bonchev–Trinajstić information content (AvgIpc) is 3.18. The number of halogens is 4. The average molecular weight is 423 g/mol. The van der Waals surface area contributed by atoms with E-state index < -0.39 is 29.2 Å². The van der Waals surface area contributed by atoms with Crippen LogP contribution in [0.15, 0.2) is 54.7 Å². The summed E-state index contributed by atoms with van der Waals surface area (Å²) in [5, 5.41) is 6.04. The fourth-order valence-electron chi connectivity index (χ4n) is 2.67. The van der Waals surface area contributed by atoms with E-state index in [1.165, 1.54) is 7.11 Å². The van der Waals surface area contributed by atoms with Crippen LogP contribution in [0.1, 0.15) is 16.1 Å². The maximum absolute atomic E-state index is 13.6. The third-order valence-corrected chi connectivity index (χ3v) is 4.07. The van der Waals surface area contributed by atoms with Crippen LogP contribution in [0.4, 0.5) is 17.6 Å². The SMILES string of the molecule is COc1ccc(OCCNC(=O)c2cnn(-c3ccc(F)cc3)c2C(F)(F)F)cc1. The molecule has 0 aliphatic rings. The van der Waals surface area contributed by atoms with Crippen molar-refractivity contribution in [3.05, 3.63) is 71.8 Å². The Morgan fingerprint density at radius 2 is 1.70 bits per heavy atom. The van der Waals surface area contributed by atoms with E-state index in [1.54, 1.807) is 24.3 Å². The summed E-state index contributed by atoms with van der Waals surface area (Å²) in [6.45, 7) is 0.0232. The first kappa shape index (κ1) is 21.2. The fraction of sp³-hybridized carbons (Fsp3) is 0.200. The Labute approximate surface area is 169 Å². The van der Waals surface area contributed by atoms with Crippen molar-refractivity contribution in [3.63, 3.8) is 0 Å². The van der Waals surface area contributed by atoms with Gasteiger partial charge in [0.2, 0.25) is 0 Å². The van der Waals surface area contributed by atoms with Crippen molar-refractivity contribution in [1.29, 1.82) is 0 Å². The van der Waals surface area contributed by atoms with Gasteiger partial charge >= 0.3 is 6.18 Å². The molecule has 2 aromatic carbocycles. The highest BCUT2D eigenvalue weighted by Crippen LogP contribution is 2.33. The molecule has 3 rings (SSSR count). The van der Waals surface area contributed by atoms with Crippen LogP contribution in [0.25, 0.3) is 5.69 Å². The molecule has 0 bridgehead atoms. The van der Waals surface area contributed by atoms with E-state index >= 15 is 0 Å². The number of hydrogen-bond acceptors (Lipinski definition) is 4. The van der Waals surface area contributed by atoms with Gasteiger partial charge in [-0.2, -0.15) is 18.3 Å². The van der Waals surface area contributed by atoms with Crippen LogP contribution in [0.5, 0.6) is 11.5 Å². The minimum Gasteiger partial charge on any atom is -0.497 e. The lowest BCUT2D eigenvalue weighted by Gasteiger charge is -2.13. The first-order chi connectivity index (χ1) is 14.3. The summed E-state index contributed by atoms with van der Waals surface area (Å²) in [7, 11) is 1.53. The van der Waals surface area contributed by atoms with Crippen molar-refractivity contribution in [2.24, 2.45) is 0 Å². The summed E-state index contributed by atoms with van der Waals surface area (Å²) in [5.41, 5.74) is -1.91. The molecule has 0 unspecified atom stereocenters. The zero-order valence-electron chi connectivity index (χ0n) is 15.7. The summed E-state index contributed by atoms with van der Waals surface area (Å²) >= 11 is 0. The third kappa shape index (κ3) is 4.88. The second-order valence-electron chi connectivity index (χ2n) is 6.07. The number of carbonyl (C=O) groups excluding carboxylic acids is 1. The Balaban J connectivity index is 1.68. The van der Waals surface area contributed by atoms with Crippen molar-refractivity contribution in [3.8, 4) is 17.2 Å². The van der Waals surface area contributed by atoms with Crippen LogP contribution in [-0.4, -0.2) is 35.9 Å². The number of carbonyl (C=O) groups is 1. The van der Waals surface area contributed by atoms with Crippen LogP contribution >= 0.6 is 0 Å². The normalized spacial score (nSPS) is 11.2. The molecule has 1 heterocycles. The summed E-state index contributed by atoms with van der Waals surface area (Å²) in [5.74, 6) is -0.387. The van der Waals surface area contributed by atoms with E-state index in [2.05, 4.69) is 10.4 Å². The number of hydrogen-bond donors (Lipinski definition) is 1. The maximum atomic E-state index is 13.6. The molecule has 6 nitrogen and oxygen atoms in total. The number of amides is 1. The van der Waals surface area contributed by atoms with Gasteiger partial charge < -0.3 is 14.8 Å². The maximum Gasteiger partial charge on any atom is 0.434 e. The van der Waals surface area contributed by atoms with Crippen LogP contribution in [0.2, 0.25) is 0 Å².